The summed E-state index contributed by atoms with van der Waals surface area (Å²) in [6.07, 6.45) is 0. The summed E-state index contributed by atoms with van der Waals surface area (Å²) >= 11 is 4.61. The summed E-state index contributed by atoms with van der Waals surface area (Å²) in [4.78, 5) is 23.6. The van der Waals surface area contributed by atoms with Crippen LogP contribution >= 0.6 is 27.7 Å². The number of hydrogen-bond acceptors (Lipinski definition) is 5. The van der Waals surface area contributed by atoms with Gasteiger partial charge in [-0.3, -0.25) is 9.59 Å². The fourth-order valence-corrected chi connectivity index (χ4v) is 2.89. The number of benzene rings is 1. The van der Waals surface area contributed by atoms with E-state index in [1.54, 1.807) is 13.0 Å². The fraction of sp³-hybridized carbons (Fsp3) is 0.267. The first-order chi connectivity index (χ1) is 10.9. The van der Waals surface area contributed by atoms with Gasteiger partial charge in [0.2, 0.25) is 11.8 Å². The molecular weight excluding hydrogens is 382 g/mol. The minimum Gasteiger partial charge on any atom is -0.360 e. The lowest BCUT2D eigenvalue weighted by atomic mass is 10.2. The predicted octanol–water partition coefficient (Wildman–Crippen LogP) is 3.36. The highest BCUT2D eigenvalue weighted by atomic mass is 79.9. The third kappa shape index (κ3) is 5.72. The SMILES string of the molecule is Cc1cc(NC(=O)CSCC(=O)Nc2ccc(Br)cc2C)no1. The summed E-state index contributed by atoms with van der Waals surface area (Å²) in [5, 5.41) is 9.10. The largest absolute Gasteiger partial charge is 0.360 e. The first-order valence-electron chi connectivity index (χ1n) is 6.81. The Morgan fingerprint density at radius 1 is 1.17 bits per heavy atom. The average Bonchev–Trinajstić information content (AvgIpc) is 2.87. The van der Waals surface area contributed by atoms with E-state index in [1.165, 1.54) is 11.8 Å². The van der Waals surface area contributed by atoms with E-state index >= 15 is 0 Å². The Hall–Kier alpha value is -1.80. The molecular formula is C15H16BrN3O3S. The minimum atomic E-state index is -0.226. The Morgan fingerprint density at radius 2 is 1.87 bits per heavy atom. The molecule has 0 aliphatic carbocycles. The molecule has 1 aromatic heterocycles. The van der Waals surface area contributed by atoms with Crippen LogP contribution in [0.2, 0.25) is 0 Å². The van der Waals surface area contributed by atoms with Gasteiger partial charge in [-0.15, -0.1) is 11.8 Å². The summed E-state index contributed by atoms with van der Waals surface area (Å²) in [7, 11) is 0. The molecule has 23 heavy (non-hydrogen) atoms. The predicted molar refractivity (Wildman–Crippen MR) is 94.7 cm³/mol. The molecule has 0 bridgehead atoms. The van der Waals surface area contributed by atoms with Gasteiger partial charge in [0, 0.05) is 16.2 Å². The van der Waals surface area contributed by atoms with Crippen LogP contribution in [0.4, 0.5) is 11.5 Å². The molecule has 6 nitrogen and oxygen atoms in total. The number of nitrogens with zero attached hydrogens (tertiary/aromatic N) is 1. The maximum Gasteiger partial charge on any atom is 0.235 e. The van der Waals surface area contributed by atoms with E-state index in [-0.39, 0.29) is 23.3 Å². The van der Waals surface area contributed by atoms with Crippen molar-refractivity contribution in [2.75, 3.05) is 22.1 Å². The van der Waals surface area contributed by atoms with Gasteiger partial charge >= 0.3 is 0 Å². The first-order valence-corrected chi connectivity index (χ1v) is 8.76. The van der Waals surface area contributed by atoms with Crippen LogP contribution in [-0.4, -0.2) is 28.5 Å². The lowest BCUT2D eigenvalue weighted by Gasteiger charge is -2.08. The standard InChI is InChI=1S/C15H16BrN3O3S/c1-9-5-11(16)3-4-12(9)17-14(20)7-23-8-15(21)18-13-6-10(2)22-19-13/h3-6H,7-8H2,1-2H3,(H,17,20)(H,18,19,21). The van der Waals surface area contributed by atoms with Gasteiger partial charge in [0.1, 0.15) is 5.76 Å². The van der Waals surface area contributed by atoms with Crippen LogP contribution in [0.1, 0.15) is 11.3 Å². The highest BCUT2D eigenvalue weighted by molar-refractivity contribution is 9.10. The number of aromatic nitrogens is 1. The summed E-state index contributed by atoms with van der Waals surface area (Å²) in [6.45, 7) is 3.66. The monoisotopic (exact) mass is 397 g/mol. The molecule has 0 spiro atoms. The quantitative estimate of drug-likeness (QED) is 0.780. The highest BCUT2D eigenvalue weighted by Gasteiger charge is 2.09. The molecule has 0 saturated carbocycles. The van der Waals surface area contributed by atoms with Gasteiger partial charge < -0.3 is 15.2 Å². The summed E-state index contributed by atoms with van der Waals surface area (Å²) in [5.74, 6) is 0.987. The number of nitrogens with one attached hydrogen (secondary N) is 2. The van der Waals surface area contributed by atoms with Crippen LogP contribution in [0.15, 0.2) is 33.3 Å². The highest BCUT2D eigenvalue weighted by Crippen LogP contribution is 2.20. The second kappa shape index (κ2) is 8.16. The van der Waals surface area contributed by atoms with E-state index < -0.39 is 0 Å². The van der Waals surface area contributed by atoms with Crippen LogP contribution in [0.3, 0.4) is 0 Å². The maximum atomic E-state index is 11.9. The zero-order chi connectivity index (χ0) is 16.8. The van der Waals surface area contributed by atoms with Gasteiger partial charge in [-0.05, 0) is 37.6 Å². The van der Waals surface area contributed by atoms with Crippen molar-refractivity contribution >= 4 is 51.0 Å². The molecule has 0 unspecified atom stereocenters. The molecule has 2 N–H and O–H groups in total. The number of amides is 2. The van der Waals surface area contributed by atoms with E-state index in [9.17, 15) is 9.59 Å². The van der Waals surface area contributed by atoms with Crippen LogP contribution < -0.4 is 10.6 Å². The van der Waals surface area contributed by atoms with E-state index in [2.05, 4.69) is 31.7 Å². The summed E-state index contributed by atoms with van der Waals surface area (Å²) < 4.78 is 5.82. The zero-order valence-corrected chi connectivity index (χ0v) is 15.1. The van der Waals surface area contributed by atoms with Crippen LogP contribution in [0.25, 0.3) is 0 Å². The van der Waals surface area contributed by atoms with Gasteiger partial charge in [-0.2, -0.15) is 0 Å². The number of carbonyl (C=O) groups is 2. The number of anilines is 2. The van der Waals surface area contributed by atoms with Crippen LogP contribution in [0, 0.1) is 13.8 Å². The second-order valence-corrected chi connectivity index (χ2v) is 6.77. The zero-order valence-electron chi connectivity index (χ0n) is 12.7. The van der Waals surface area contributed by atoms with Crippen LogP contribution in [0.5, 0.6) is 0 Å². The number of hydrogen-bond donors (Lipinski definition) is 2. The Labute approximate surface area is 146 Å². The molecule has 1 heterocycles. The third-order valence-corrected chi connectivity index (χ3v) is 4.25. The molecule has 0 aliphatic rings. The van der Waals surface area contributed by atoms with Gasteiger partial charge in [-0.25, -0.2) is 0 Å². The van der Waals surface area contributed by atoms with Gasteiger partial charge in [-0.1, -0.05) is 21.1 Å². The van der Waals surface area contributed by atoms with Gasteiger partial charge in [0.25, 0.3) is 0 Å². The number of aryl methyl sites for hydroxylation is 2. The Kier molecular flexibility index (Phi) is 6.23. The van der Waals surface area contributed by atoms with Crippen molar-refractivity contribution in [2.45, 2.75) is 13.8 Å². The molecule has 2 amide bonds. The van der Waals surface area contributed by atoms with Crippen molar-refractivity contribution in [3.8, 4) is 0 Å². The van der Waals surface area contributed by atoms with Crippen molar-refractivity contribution in [1.29, 1.82) is 0 Å². The van der Waals surface area contributed by atoms with Crippen molar-refractivity contribution in [3.63, 3.8) is 0 Å². The smallest absolute Gasteiger partial charge is 0.235 e. The van der Waals surface area contributed by atoms with Crippen molar-refractivity contribution < 1.29 is 14.1 Å². The van der Waals surface area contributed by atoms with Crippen molar-refractivity contribution in [3.05, 3.63) is 40.1 Å². The van der Waals surface area contributed by atoms with Gasteiger partial charge in [0.15, 0.2) is 5.82 Å². The fourth-order valence-electron chi connectivity index (χ4n) is 1.79. The van der Waals surface area contributed by atoms with Gasteiger partial charge in [0.05, 0.1) is 11.5 Å². The minimum absolute atomic E-state index is 0.148. The molecule has 122 valence electrons. The molecule has 2 aromatic rings. The van der Waals surface area contributed by atoms with Crippen LogP contribution in [-0.2, 0) is 9.59 Å². The lowest BCUT2D eigenvalue weighted by molar-refractivity contribution is -0.114. The molecule has 8 heteroatoms. The molecule has 0 radical (unpaired) electrons. The lowest BCUT2D eigenvalue weighted by Crippen LogP contribution is -2.18. The summed E-state index contributed by atoms with van der Waals surface area (Å²) in [5.41, 5.74) is 1.73. The number of carbonyl (C=O) groups excluding carboxylic acids is 2. The maximum absolute atomic E-state index is 11.9. The molecule has 0 saturated heterocycles. The Morgan fingerprint density at radius 3 is 2.48 bits per heavy atom. The molecule has 0 atom stereocenters. The normalized spacial score (nSPS) is 10.4. The number of rotatable bonds is 6. The molecule has 0 aliphatic heterocycles. The molecule has 1 aromatic carbocycles. The summed E-state index contributed by atoms with van der Waals surface area (Å²) in [6, 6.07) is 7.26. The Balaban J connectivity index is 1.73. The first kappa shape index (κ1) is 17.6. The van der Waals surface area contributed by atoms with E-state index in [4.69, 9.17) is 4.52 Å². The molecule has 0 fully saturated rings. The Bertz CT molecular complexity index is 718. The topological polar surface area (TPSA) is 84.2 Å². The number of thioether (sulfide) groups is 1. The average molecular weight is 398 g/mol. The van der Waals surface area contributed by atoms with Crippen molar-refractivity contribution in [1.82, 2.24) is 5.16 Å². The third-order valence-electron chi connectivity index (χ3n) is 2.82. The molecule has 2 rings (SSSR count). The van der Waals surface area contributed by atoms with E-state index in [0.717, 1.165) is 15.7 Å². The van der Waals surface area contributed by atoms with Crippen molar-refractivity contribution in [2.24, 2.45) is 0 Å². The van der Waals surface area contributed by atoms with E-state index in [1.807, 2.05) is 25.1 Å². The van der Waals surface area contributed by atoms with E-state index in [0.29, 0.717) is 11.6 Å². The second-order valence-electron chi connectivity index (χ2n) is 4.87. The number of halogens is 1.